The van der Waals surface area contributed by atoms with Crippen LogP contribution in [0, 0.1) is 0 Å². The lowest BCUT2D eigenvalue weighted by Crippen LogP contribution is -2.48. The molecule has 0 saturated carbocycles. The first-order valence-corrected chi connectivity index (χ1v) is 3.59. The number of hydrogen-bond acceptors (Lipinski definition) is 2. The number of rotatable bonds is 0. The standard InChI is InChI=1S/C7H15NO/c1-5-4-8-6(2)7(3)9-5/h5-8H,4H2,1-3H3. The van der Waals surface area contributed by atoms with Crippen LogP contribution in [0.1, 0.15) is 20.8 Å². The molecule has 2 heteroatoms. The molecule has 0 bridgehead atoms. The van der Waals surface area contributed by atoms with Crippen molar-refractivity contribution in [2.45, 2.75) is 39.0 Å². The van der Waals surface area contributed by atoms with Crippen molar-refractivity contribution < 1.29 is 4.74 Å². The monoisotopic (exact) mass is 129 g/mol. The third-order valence-electron chi connectivity index (χ3n) is 1.88. The number of nitrogens with one attached hydrogen (secondary N) is 1. The van der Waals surface area contributed by atoms with Crippen molar-refractivity contribution in [3.8, 4) is 0 Å². The highest BCUT2D eigenvalue weighted by Gasteiger charge is 2.20. The number of ether oxygens (including phenoxy) is 1. The van der Waals surface area contributed by atoms with Crippen molar-refractivity contribution in [3.63, 3.8) is 0 Å². The van der Waals surface area contributed by atoms with Gasteiger partial charge in [-0.1, -0.05) is 0 Å². The van der Waals surface area contributed by atoms with E-state index in [-0.39, 0.29) is 0 Å². The number of morpholine rings is 1. The Labute approximate surface area is 56.6 Å². The maximum absolute atomic E-state index is 5.54. The van der Waals surface area contributed by atoms with Crippen LogP contribution in [-0.2, 0) is 4.74 Å². The average Bonchev–Trinajstić information content (AvgIpc) is 1.80. The van der Waals surface area contributed by atoms with Gasteiger partial charge in [-0.05, 0) is 20.8 Å². The first-order valence-electron chi connectivity index (χ1n) is 3.59. The molecule has 1 heterocycles. The van der Waals surface area contributed by atoms with Crippen LogP contribution in [0.3, 0.4) is 0 Å². The molecule has 0 radical (unpaired) electrons. The summed E-state index contributed by atoms with van der Waals surface area (Å²) >= 11 is 0. The lowest BCUT2D eigenvalue weighted by atomic mass is 10.1. The van der Waals surface area contributed by atoms with Gasteiger partial charge >= 0.3 is 0 Å². The van der Waals surface area contributed by atoms with Crippen molar-refractivity contribution in [2.75, 3.05) is 6.54 Å². The SMILES string of the molecule is CC1CNC(C)C(C)O1. The van der Waals surface area contributed by atoms with Crippen LogP contribution in [0.25, 0.3) is 0 Å². The zero-order valence-corrected chi connectivity index (χ0v) is 6.35. The molecule has 0 aromatic rings. The van der Waals surface area contributed by atoms with E-state index in [1.54, 1.807) is 0 Å². The minimum atomic E-state index is 0.369. The van der Waals surface area contributed by atoms with E-state index in [1.807, 2.05) is 0 Å². The quantitative estimate of drug-likeness (QED) is 0.521. The molecule has 0 aromatic carbocycles. The van der Waals surface area contributed by atoms with Crippen LogP contribution in [0.5, 0.6) is 0 Å². The Morgan fingerprint density at radius 2 is 2.00 bits per heavy atom. The van der Waals surface area contributed by atoms with Crippen LogP contribution < -0.4 is 5.32 Å². The summed E-state index contributed by atoms with van der Waals surface area (Å²) in [6.45, 7) is 7.34. The van der Waals surface area contributed by atoms with Gasteiger partial charge in [0.1, 0.15) is 0 Å². The highest BCUT2D eigenvalue weighted by molar-refractivity contribution is 4.76. The smallest absolute Gasteiger partial charge is 0.0701 e. The lowest BCUT2D eigenvalue weighted by molar-refractivity contribution is -0.0395. The fraction of sp³-hybridized carbons (Fsp3) is 1.00. The van der Waals surface area contributed by atoms with E-state index in [0.717, 1.165) is 6.54 Å². The molecule has 3 atom stereocenters. The Kier molecular flexibility index (Phi) is 2.09. The zero-order valence-electron chi connectivity index (χ0n) is 6.35. The van der Waals surface area contributed by atoms with E-state index < -0.39 is 0 Å². The zero-order chi connectivity index (χ0) is 6.85. The van der Waals surface area contributed by atoms with Crippen LogP contribution in [0.4, 0.5) is 0 Å². The van der Waals surface area contributed by atoms with Gasteiger partial charge in [0.2, 0.25) is 0 Å². The van der Waals surface area contributed by atoms with Crippen LogP contribution in [0.2, 0.25) is 0 Å². The molecule has 9 heavy (non-hydrogen) atoms. The molecule has 1 saturated heterocycles. The van der Waals surface area contributed by atoms with Crippen molar-refractivity contribution in [3.05, 3.63) is 0 Å². The molecule has 1 rings (SSSR count). The molecule has 1 aliphatic heterocycles. The second-order valence-electron chi connectivity index (χ2n) is 2.85. The van der Waals surface area contributed by atoms with E-state index >= 15 is 0 Å². The van der Waals surface area contributed by atoms with Crippen molar-refractivity contribution in [1.29, 1.82) is 0 Å². The summed E-state index contributed by atoms with van der Waals surface area (Å²) in [6, 6.07) is 0.515. The summed E-state index contributed by atoms with van der Waals surface area (Å²) in [6.07, 6.45) is 0.755. The number of hydrogen-bond donors (Lipinski definition) is 1. The minimum Gasteiger partial charge on any atom is -0.373 e. The Morgan fingerprint density at radius 3 is 2.44 bits per heavy atom. The van der Waals surface area contributed by atoms with E-state index in [9.17, 15) is 0 Å². The van der Waals surface area contributed by atoms with Gasteiger partial charge < -0.3 is 10.1 Å². The van der Waals surface area contributed by atoms with Crippen molar-refractivity contribution >= 4 is 0 Å². The summed E-state index contributed by atoms with van der Waals surface area (Å²) in [5, 5.41) is 3.36. The Bertz CT molecular complexity index is 94.9. The summed E-state index contributed by atoms with van der Waals surface area (Å²) in [5.41, 5.74) is 0. The fourth-order valence-corrected chi connectivity index (χ4v) is 1.05. The molecule has 0 aromatic heterocycles. The molecule has 1 N–H and O–H groups in total. The van der Waals surface area contributed by atoms with Crippen LogP contribution in [-0.4, -0.2) is 24.8 Å². The predicted molar refractivity (Wildman–Crippen MR) is 37.5 cm³/mol. The first kappa shape index (κ1) is 7.03. The third-order valence-corrected chi connectivity index (χ3v) is 1.88. The van der Waals surface area contributed by atoms with E-state index in [4.69, 9.17) is 4.74 Å². The van der Waals surface area contributed by atoms with Crippen LogP contribution in [0.15, 0.2) is 0 Å². The third kappa shape index (κ3) is 1.66. The fourth-order valence-electron chi connectivity index (χ4n) is 1.05. The Balaban J connectivity index is 2.35. The second kappa shape index (κ2) is 2.67. The molecular weight excluding hydrogens is 114 g/mol. The van der Waals surface area contributed by atoms with Gasteiger partial charge in [-0.15, -0.1) is 0 Å². The summed E-state index contributed by atoms with van der Waals surface area (Å²) in [4.78, 5) is 0. The molecule has 3 unspecified atom stereocenters. The Hall–Kier alpha value is -0.0800. The van der Waals surface area contributed by atoms with Gasteiger partial charge in [-0.3, -0.25) is 0 Å². The van der Waals surface area contributed by atoms with Crippen LogP contribution >= 0.6 is 0 Å². The first-order chi connectivity index (χ1) is 4.20. The lowest BCUT2D eigenvalue weighted by Gasteiger charge is -2.31. The molecule has 54 valence electrons. The van der Waals surface area contributed by atoms with Gasteiger partial charge in [0.25, 0.3) is 0 Å². The molecular formula is C7H15NO. The molecule has 1 fully saturated rings. The van der Waals surface area contributed by atoms with E-state index in [0.29, 0.717) is 18.2 Å². The Morgan fingerprint density at radius 1 is 1.33 bits per heavy atom. The summed E-state index contributed by atoms with van der Waals surface area (Å²) < 4.78 is 5.54. The topological polar surface area (TPSA) is 21.3 Å². The average molecular weight is 129 g/mol. The van der Waals surface area contributed by atoms with E-state index in [1.165, 1.54) is 0 Å². The van der Waals surface area contributed by atoms with Crippen molar-refractivity contribution in [2.24, 2.45) is 0 Å². The molecule has 0 amide bonds. The summed E-state index contributed by atoms with van der Waals surface area (Å²) in [5.74, 6) is 0. The molecule has 1 aliphatic rings. The molecule has 2 nitrogen and oxygen atoms in total. The van der Waals surface area contributed by atoms with Gasteiger partial charge in [-0.2, -0.15) is 0 Å². The maximum atomic E-state index is 5.54. The maximum Gasteiger partial charge on any atom is 0.0701 e. The highest BCUT2D eigenvalue weighted by atomic mass is 16.5. The normalized spacial score (nSPS) is 45.0. The van der Waals surface area contributed by atoms with Gasteiger partial charge in [0, 0.05) is 12.6 Å². The van der Waals surface area contributed by atoms with Gasteiger partial charge in [0.15, 0.2) is 0 Å². The second-order valence-corrected chi connectivity index (χ2v) is 2.85. The molecule has 0 aliphatic carbocycles. The predicted octanol–water partition coefficient (Wildman–Crippen LogP) is 0.772. The largest absolute Gasteiger partial charge is 0.373 e. The van der Waals surface area contributed by atoms with Gasteiger partial charge in [-0.25, -0.2) is 0 Å². The highest BCUT2D eigenvalue weighted by Crippen LogP contribution is 2.07. The van der Waals surface area contributed by atoms with Gasteiger partial charge in [0.05, 0.1) is 12.2 Å². The van der Waals surface area contributed by atoms with Crippen molar-refractivity contribution in [1.82, 2.24) is 5.32 Å². The van der Waals surface area contributed by atoms with E-state index in [2.05, 4.69) is 26.1 Å². The molecule has 0 spiro atoms. The summed E-state index contributed by atoms with van der Waals surface area (Å²) in [7, 11) is 0. The minimum absolute atomic E-state index is 0.369.